The highest BCUT2D eigenvalue weighted by Gasteiger charge is 2.20. The number of halogens is 3. The lowest BCUT2D eigenvalue weighted by Crippen LogP contribution is -2.12. The van der Waals surface area contributed by atoms with Crippen molar-refractivity contribution in [3.63, 3.8) is 0 Å². The van der Waals surface area contributed by atoms with Gasteiger partial charge < -0.3 is 5.32 Å². The molecule has 1 aromatic heterocycles. The third kappa shape index (κ3) is 2.97. The van der Waals surface area contributed by atoms with Crippen molar-refractivity contribution in [3.8, 4) is 0 Å². The molecule has 110 valence electrons. The van der Waals surface area contributed by atoms with Crippen LogP contribution in [-0.4, -0.2) is 14.9 Å². The number of nitrogens with two attached hydrogens (primary N) is 1. The second-order valence-corrected chi connectivity index (χ2v) is 3.70. The zero-order valence-corrected chi connectivity index (χ0v) is 10.1. The molecule has 0 bridgehead atoms. The van der Waals surface area contributed by atoms with Crippen LogP contribution < -0.4 is 16.6 Å². The van der Waals surface area contributed by atoms with Crippen molar-refractivity contribution < 1.29 is 18.1 Å². The average Bonchev–Trinajstić information content (AvgIpc) is 2.42. The van der Waals surface area contributed by atoms with Crippen LogP contribution in [0.15, 0.2) is 18.3 Å². The van der Waals surface area contributed by atoms with E-state index in [-0.39, 0.29) is 5.95 Å². The van der Waals surface area contributed by atoms with Crippen LogP contribution in [0.5, 0.6) is 0 Å². The highest BCUT2D eigenvalue weighted by Crippen LogP contribution is 2.29. The van der Waals surface area contributed by atoms with Gasteiger partial charge in [-0.25, -0.2) is 24.0 Å². The number of rotatable bonds is 4. The fraction of sp³-hybridized carbons (Fsp3) is 0. The first-order valence-corrected chi connectivity index (χ1v) is 5.32. The molecule has 0 amide bonds. The Hall–Kier alpha value is -2.95. The van der Waals surface area contributed by atoms with E-state index in [2.05, 4.69) is 15.3 Å². The van der Waals surface area contributed by atoms with Gasteiger partial charge in [-0.2, -0.15) is 4.98 Å². The lowest BCUT2D eigenvalue weighted by atomic mass is 10.2. The van der Waals surface area contributed by atoms with Crippen molar-refractivity contribution in [2.24, 2.45) is 5.84 Å². The molecule has 21 heavy (non-hydrogen) atoms. The number of nitro groups is 1. The van der Waals surface area contributed by atoms with E-state index >= 15 is 0 Å². The van der Waals surface area contributed by atoms with E-state index in [0.717, 1.165) is 6.20 Å². The minimum Gasteiger partial charge on any atom is -0.329 e. The van der Waals surface area contributed by atoms with Gasteiger partial charge in [-0.15, -0.1) is 0 Å². The van der Waals surface area contributed by atoms with Gasteiger partial charge >= 0.3 is 5.69 Å². The quantitative estimate of drug-likeness (QED) is 0.447. The highest BCUT2D eigenvalue weighted by atomic mass is 19.1. The number of hydrazine groups is 1. The van der Waals surface area contributed by atoms with Crippen molar-refractivity contribution >= 4 is 23.1 Å². The molecule has 0 saturated heterocycles. The van der Waals surface area contributed by atoms with Gasteiger partial charge in [0.2, 0.25) is 11.8 Å². The van der Waals surface area contributed by atoms with Gasteiger partial charge in [-0.1, -0.05) is 0 Å². The summed E-state index contributed by atoms with van der Waals surface area (Å²) >= 11 is 0. The maximum absolute atomic E-state index is 13.5. The van der Waals surface area contributed by atoms with E-state index in [1.807, 2.05) is 5.43 Å². The van der Waals surface area contributed by atoms with Gasteiger partial charge in [0.25, 0.3) is 0 Å². The molecule has 0 aliphatic carbocycles. The number of aromatic nitrogens is 2. The molecule has 4 N–H and O–H groups in total. The van der Waals surface area contributed by atoms with Crippen LogP contribution >= 0.6 is 0 Å². The Morgan fingerprint density at radius 3 is 2.38 bits per heavy atom. The molecule has 8 nitrogen and oxygen atoms in total. The summed E-state index contributed by atoms with van der Waals surface area (Å²) in [6, 6.07) is 0.834. The van der Waals surface area contributed by atoms with Gasteiger partial charge in [0.05, 0.1) is 4.92 Å². The summed E-state index contributed by atoms with van der Waals surface area (Å²) < 4.78 is 39.8. The van der Waals surface area contributed by atoms with Gasteiger partial charge in [-0.3, -0.25) is 15.5 Å². The summed E-state index contributed by atoms with van der Waals surface area (Å²) in [5.41, 5.74) is 0.593. The molecular weight excluding hydrogens is 293 g/mol. The largest absolute Gasteiger partial charge is 0.329 e. The molecule has 2 rings (SSSR count). The molecule has 1 aromatic carbocycles. The molecule has 0 aliphatic rings. The summed E-state index contributed by atoms with van der Waals surface area (Å²) in [6.07, 6.45) is 0.795. The number of anilines is 3. The second kappa shape index (κ2) is 5.58. The maximum Gasteiger partial charge on any atom is 0.329 e. The topological polar surface area (TPSA) is 119 Å². The van der Waals surface area contributed by atoms with E-state index in [0.29, 0.717) is 12.1 Å². The lowest BCUT2D eigenvalue weighted by Gasteiger charge is -2.09. The Morgan fingerprint density at radius 2 is 1.86 bits per heavy atom. The summed E-state index contributed by atoms with van der Waals surface area (Å²) in [7, 11) is 0. The van der Waals surface area contributed by atoms with Gasteiger partial charge in [-0.05, 0) is 0 Å². The Bertz CT molecular complexity index is 688. The predicted octanol–water partition coefficient (Wildman–Crippen LogP) is 1.83. The molecular formula is C10H7F3N6O2. The van der Waals surface area contributed by atoms with Crippen LogP contribution in [0.3, 0.4) is 0 Å². The van der Waals surface area contributed by atoms with Crippen LogP contribution in [0.2, 0.25) is 0 Å². The van der Waals surface area contributed by atoms with Gasteiger partial charge in [0, 0.05) is 12.1 Å². The number of nitrogens with one attached hydrogen (secondary N) is 2. The van der Waals surface area contributed by atoms with Crippen LogP contribution in [0.1, 0.15) is 0 Å². The third-order valence-corrected chi connectivity index (χ3v) is 2.35. The average molecular weight is 300 g/mol. The first-order valence-electron chi connectivity index (χ1n) is 5.32. The van der Waals surface area contributed by atoms with Crippen LogP contribution in [-0.2, 0) is 0 Å². The monoisotopic (exact) mass is 300 g/mol. The van der Waals surface area contributed by atoms with Crippen molar-refractivity contribution in [1.82, 2.24) is 9.97 Å². The number of nitrogens with zero attached hydrogens (tertiary/aromatic N) is 3. The lowest BCUT2D eigenvalue weighted by molar-refractivity contribution is -0.384. The van der Waals surface area contributed by atoms with Crippen LogP contribution in [0.4, 0.5) is 36.3 Å². The SMILES string of the molecule is NNc1ncc([N+](=O)[O-])c(Nc2c(F)cc(F)cc2F)n1. The van der Waals surface area contributed by atoms with E-state index in [4.69, 9.17) is 5.84 Å². The molecule has 2 aromatic rings. The minimum atomic E-state index is -1.28. The molecule has 0 unspecified atom stereocenters. The van der Waals surface area contributed by atoms with E-state index in [1.165, 1.54) is 0 Å². The zero-order chi connectivity index (χ0) is 15.6. The zero-order valence-electron chi connectivity index (χ0n) is 10.1. The van der Waals surface area contributed by atoms with E-state index in [1.54, 1.807) is 0 Å². The Balaban J connectivity index is 2.50. The number of nitrogen functional groups attached to an aromatic ring is 1. The maximum atomic E-state index is 13.5. The van der Waals surface area contributed by atoms with Crippen molar-refractivity contribution in [1.29, 1.82) is 0 Å². The van der Waals surface area contributed by atoms with E-state index < -0.39 is 39.6 Å². The fourth-order valence-electron chi connectivity index (χ4n) is 1.45. The summed E-state index contributed by atoms with van der Waals surface area (Å²) in [5, 5.41) is 12.9. The first-order chi connectivity index (χ1) is 9.92. The second-order valence-electron chi connectivity index (χ2n) is 3.70. The van der Waals surface area contributed by atoms with Crippen LogP contribution in [0, 0.1) is 27.6 Å². The minimum absolute atomic E-state index is 0.217. The molecule has 0 radical (unpaired) electrons. The smallest absolute Gasteiger partial charge is 0.329 e. The Kier molecular flexibility index (Phi) is 3.84. The molecule has 0 saturated carbocycles. The van der Waals surface area contributed by atoms with Crippen molar-refractivity contribution in [2.45, 2.75) is 0 Å². The Morgan fingerprint density at radius 1 is 1.24 bits per heavy atom. The molecule has 11 heteroatoms. The number of hydrogen-bond acceptors (Lipinski definition) is 7. The third-order valence-electron chi connectivity index (χ3n) is 2.35. The highest BCUT2D eigenvalue weighted by molar-refractivity contribution is 5.66. The molecule has 0 spiro atoms. The summed E-state index contributed by atoms with van der Waals surface area (Å²) in [5.74, 6) is 0.646. The first kappa shape index (κ1) is 14.5. The fourth-order valence-corrected chi connectivity index (χ4v) is 1.45. The standard InChI is InChI=1S/C10H7F3N6O2/c11-4-1-5(12)8(6(13)2-4)16-9-7(19(20)21)3-15-10(17-9)18-14/h1-3H,14H2,(H2,15,16,17,18). The molecule has 0 aliphatic heterocycles. The van der Waals surface area contributed by atoms with E-state index in [9.17, 15) is 23.3 Å². The van der Waals surface area contributed by atoms with Gasteiger partial charge in [0.15, 0.2) is 11.6 Å². The normalized spacial score (nSPS) is 10.3. The van der Waals surface area contributed by atoms with Gasteiger partial charge in [0.1, 0.15) is 17.7 Å². The number of hydrogen-bond donors (Lipinski definition) is 3. The molecule has 0 fully saturated rings. The van der Waals surface area contributed by atoms with Crippen molar-refractivity contribution in [2.75, 3.05) is 10.7 Å². The van der Waals surface area contributed by atoms with Crippen LogP contribution in [0.25, 0.3) is 0 Å². The summed E-state index contributed by atoms with van der Waals surface area (Å²) in [4.78, 5) is 17.1. The summed E-state index contributed by atoms with van der Waals surface area (Å²) in [6.45, 7) is 0. The predicted molar refractivity (Wildman–Crippen MR) is 66.1 cm³/mol. The number of benzene rings is 1. The Labute approximate surface area is 114 Å². The van der Waals surface area contributed by atoms with Crippen molar-refractivity contribution in [3.05, 3.63) is 45.9 Å². The molecule has 0 atom stereocenters. The molecule has 1 heterocycles.